The van der Waals surface area contributed by atoms with Crippen LogP contribution in [0.1, 0.15) is 5.82 Å². The second-order valence-corrected chi connectivity index (χ2v) is 6.74. The van der Waals surface area contributed by atoms with E-state index in [1.165, 1.54) is 12.1 Å². The SMILES string of the molecule is COCCN(CCOC)CCc1nc2ccccc2c(=O)n1-c1ccc(F)cc1. The molecule has 3 rings (SSSR count). The van der Waals surface area contributed by atoms with Crippen molar-refractivity contribution in [1.82, 2.24) is 14.5 Å². The van der Waals surface area contributed by atoms with Gasteiger partial charge in [-0.1, -0.05) is 12.1 Å². The Kier molecular flexibility index (Phi) is 7.46. The van der Waals surface area contributed by atoms with Gasteiger partial charge in [0.25, 0.3) is 5.56 Å². The van der Waals surface area contributed by atoms with E-state index in [-0.39, 0.29) is 11.4 Å². The number of benzene rings is 2. The highest BCUT2D eigenvalue weighted by Crippen LogP contribution is 2.14. The van der Waals surface area contributed by atoms with E-state index >= 15 is 0 Å². The summed E-state index contributed by atoms with van der Waals surface area (Å²) in [5.74, 6) is 0.294. The normalized spacial score (nSPS) is 11.4. The molecule has 0 N–H and O–H groups in total. The second kappa shape index (κ2) is 10.2. The lowest BCUT2D eigenvalue weighted by Crippen LogP contribution is -2.34. The Bertz CT molecular complexity index is 981. The fourth-order valence-electron chi connectivity index (χ4n) is 3.24. The molecule has 2 aromatic carbocycles. The zero-order valence-electron chi connectivity index (χ0n) is 16.8. The number of hydrogen-bond donors (Lipinski definition) is 0. The molecular weight excluding hydrogens is 373 g/mol. The van der Waals surface area contributed by atoms with Crippen LogP contribution in [0.5, 0.6) is 0 Å². The highest BCUT2D eigenvalue weighted by Gasteiger charge is 2.14. The first-order valence-corrected chi connectivity index (χ1v) is 9.61. The summed E-state index contributed by atoms with van der Waals surface area (Å²) >= 11 is 0. The fourth-order valence-corrected chi connectivity index (χ4v) is 3.24. The average Bonchev–Trinajstić information content (AvgIpc) is 2.74. The third-order valence-electron chi connectivity index (χ3n) is 4.80. The number of halogens is 1. The van der Waals surface area contributed by atoms with Crippen molar-refractivity contribution in [2.75, 3.05) is 47.1 Å². The van der Waals surface area contributed by atoms with Crippen molar-refractivity contribution in [2.45, 2.75) is 6.42 Å². The quantitative estimate of drug-likeness (QED) is 0.525. The van der Waals surface area contributed by atoms with Crippen LogP contribution in [0.2, 0.25) is 0 Å². The second-order valence-electron chi connectivity index (χ2n) is 6.74. The minimum absolute atomic E-state index is 0.155. The molecule has 0 saturated carbocycles. The van der Waals surface area contributed by atoms with Crippen molar-refractivity contribution in [3.63, 3.8) is 0 Å². The van der Waals surface area contributed by atoms with Gasteiger partial charge in [0.1, 0.15) is 11.6 Å². The lowest BCUT2D eigenvalue weighted by Gasteiger charge is -2.22. The van der Waals surface area contributed by atoms with Gasteiger partial charge in [-0.05, 0) is 36.4 Å². The van der Waals surface area contributed by atoms with Crippen molar-refractivity contribution >= 4 is 10.9 Å². The monoisotopic (exact) mass is 399 g/mol. The Balaban J connectivity index is 1.97. The van der Waals surface area contributed by atoms with E-state index in [1.807, 2.05) is 18.2 Å². The van der Waals surface area contributed by atoms with E-state index < -0.39 is 0 Å². The fraction of sp³-hybridized carbons (Fsp3) is 0.364. The van der Waals surface area contributed by atoms with E-state index in [0.29, 0.717) is 48.6 Å². The van der Waals surface area contributed by atoms with Gasteiger partial charge in [-0.25, -0.2) is 9.37 Å². The smallest absolute Gasteiger partial charge is 0.265 e. The van der Waals surface area contributed by atoms with Crippen molar-refractivity contribution < 1.29 is 13.9 Å². The van der Waals surface area contributed by atoms with Gasteiger partial charge in [-0.2, -0.15) is 0 Å². The summed E-state index contributed by atoms with van der Waals surface area (Å²) in [6.07, 6.45) is 0.560. The van der Waals surface area contributed by atoms with Crippen LogP contribution in [-0.4, -0.2) is 61.5 Å². The van der Waals surface area contributed by atoms with E-state index in [1.54, 1.807) is 37.0 Å². The van der Waals surface area contributed by atoms with Gasteiger partial charge in [-0.15, -0.1) is 0 Å². The molecule has 0 aliphatic rings. The molecule has 0 bridgehead atoms. The number of para-hydroxylation sites is 1. The molecule has 0 fully saturated rings. The Morgan fingerprint density at radius 3 is 2.28 bits per heavy atom. The Morgan fingerprint density at radius 2 is 1.62 bits per heavy atom. The Morgan fingerprint density at radius 1 is 0.966 bits per heavy atom. The van der Waals surface area contributed by atoms with E-state index in [2.05, 4.69) is 4.90 Å². The number of hydrogen-bond acceptors (Lipinski definition) is 5. The van der Waals surface area contributed by atoms with Gasteiger partial charge in [0.2, 0.25) is 0 Å². The molecule has 1 aromatic heterocycles. The Hall–Kier alpha value is -2.61. The van der Waals surface area contributed by atoms with Crippen LogP contribution in [0.4, 0.5) is 4.39 Å². The molecule has 0 saturated heterocycles. The number of aromatic nitrogens is 2. The van der Waals surface area contributed by atoms with Crippen molar-refractivity contribution in [3.8, 4) is 5.69 Å². The van der Waals surface area contributed by atoms with Crippen molar-refractivity contribution in [3.05, 3.63) is 70.5 Å². The van der Waals surface area contributed by atoms with E-state index in [9.17, 15) is 9.18 Å². The molecule has 6 nitrogen and oxygen atoms in total. The number of methoxy groups -OCH3 is 2. The first-order chi connectivity index (χ1) is 14.1. The van der Waals surface area contributed by atoms with Crippen LogP contribution in [0.3, 0.4) is 0 Å². The van der Waals surface area contributed by atoms with Crippen LogP contribution in [0.15, 0.2) is 53.3 Å². The van der Waals surface area contributed by atoms with Crippen molar-refractivity contribution in [2.24, 2.45) is 0 Å². The third kappa shape index (κ3) is 5.26. The molecule has 0 unspecified atom stereocenters. The molecule has 0 amide bonds. The van der Waals surface area contributed by atoms with Crippen LogP contribution in [0, 0.1) is 5.82 Å². The predicted molar refractivity (Wildman–Crippen MR) is 111 cm³/mol. The van der Waals surface area contributed by atoms with E-state index in [0.717, 1.165) is 13.1 Å². The molecular formula is C22H26FN3O3. The zero-order valence-corrected chi connectivity index (χ0v) is 16.8. The van der Waals surface area contributed by atoms with Crippen LogP contribution in [-0.2, 0) is 15.9 Å². The molecule has 0 aliphatic carbocycles. The molecule has 7 heteroatoms. The molecule has 3 aromatic rings. The summed E-state index contributed by atoms with van der Waals surface area (Å²) in [7, 11) is 3.34. The van der Waals surface area contributed by atoms with Gasteiger partial charge < -0.3 is 9.47 Å². The first-order valence-electron chi connectivity index (χ1n) is 9.61. The maximum atomic E-state index is 13.4. The van der Waals surface area contributed by atoms with E-state index in [4.69, 9.17) is 14.5 Å². The van der Waals surface area contributed by atoms with Gasteiger partial charge in [-0.3, -0.25) is 14.3 Å². The zero-order chi connectivity index (χ0) is 20.6. The largest absolute Gasteiger partial charge is 0.383 e. The summed E-state index contributed by atoms with van der Waals surface area (Å²) in [4.78, 5) is 20.2. The standard InChI is InChI=1S/C22H26FN3O3/c1-28-15-13-25(14-16-29-2)12-11-21-24-20-6-4-3-5-19(20)22(27)26(21)18-9-7-17(23)8-10-18/h3-10H,11-16H2,1-2H3. The number of fused-ring (bicyclic) bond motifs is 1. The molecule has 0 aliphatic heterocycles. The number of ether oxygens (including phenoxy) is 2. The molecule has 0 atom stereocenters. The van der Waals surface area contributed by atoms with Gasteiger partial charge >= 0.3 is 0 Å². The van der Waals surface area contributed by atoms with Crippen LogP contribution >= 0.6 is 0 Å². The van der Waals surface area contributed by atoms with Gasteiger partial charge in [0.15, 0.2) is 0 Å². The minimum Gasteiger partial charge on any atom is -0.383 e. The average molecular weight is 399 g/mol. The maximum Gasteiger partial charge on any atom is 0.265 e. The summed E-state index contributed by atoms with van der Waals surface area (Å²) in [5, 5.41) is 0.538. The molecule has 0 radical (unpaired) electrons. The number of rotatable bonds is 10. The lowest BCUT2D eigenvalue weighted by atomic mass is 10.2. The van der Waals surface area contributed by atoms with Crippen molar-refractivity contribution in [1.29, 1.82) is 0 Å². The van der Waals surface area contributed by atoms with Crippen LogP contribution in [0.25, 0.3) is 16.6 Å². The number of nitrogens with zero attached hydrogens (tertiary/aromatic N) is 3. The lowest BCUT2D eigenvalue weighted by molar-refractivity contribution is 0.114. The molecule has 29 heavy (non-hydrogen) atoms. The highest BCUT2D eigenvalue weighted by molar-refractivity contribution is 5.77. The van der Waals surface area contributed by atoms with Gasteiger partial charge in [0.05, 0.1) is 29.8 Å². The van der Waals surface area contributed by atoms with Gasteiger partial charge in [0, 0.05) is 40.3 Å². The summed E-state index contributed by atoms with van der Waals surface area (Å²) in [6, 6.07) is 13.2. The maximum absolute atomic E-state index is 13.4. The third-order valence-corrected chi connectivity index (χ3v) is 4.80. The highest BCUT2D eigenvalue weighted by atomic mass is 19.1. The molecule has 154 valence electrons. The Labute approximate surface area is 169 Å². The van der Waals surface area contributed by atoms with Crippen LogP contribution < -0.4 is 5.56 Å². The molecule has 1 heterocycles. The molecule has 0 spiro atoms. The summed E-state index contributed by atoms with van der Waals surface area (Å²) < 4.78 is 25.4. The predicted octanol–water partition coefficient (Wildman–Crippen LogP) is 2.66. The topological polar surface area (TPSA) is 56.6 Å². The minimum atomic E-state index is -0.345. The first kappa shape index (κ1) is 21.1. The summed E-state index contributed by atoms with van der Waals surface area (Å²) in [6.45, 7) is 3.43. The summed E-state index contributed by atoms with van der Waals surface area (Å²) in [5.41, 5.74) is 1.11.